The zero-order valence-corrected chi connectivity index (χ0v) is 14.3. The van der Waals surface area contributed by atoms with Gasteiger partial charge in [0.2, 0.25) is 5.91 Å². The number of nitrogens with one attached hydrogen (secondary N) is 2. The van der Waals surface area contributed by atoms with Crippen molar-refractivity contribution < 1.29 is 9.53 Å². The largest absolute Gasteiger partial charge is 0.456 e. The molecule has 1 amide bonds. The van der Waals surface area contributed by atoms with Crippen LogP contribution in [0.4, 0.5) is 5.69 Å². The molecule has 1 heterocycles. The number of halogens is 2. The second kappa shape index (κ2) is 5.79. The van der Waals surface area contributed by atoms with E-state index >= 15 is 0 Å². The quantitative estimate of drug-likeness (QED) is 0.794. The lowest BCUT2D eigenvalue weighted by atomic mass is 10.1. The van der Waals surface area contributed by atoms with Crippen molar-refractivity contribution in [3.8, 4) is 11.5 Å². The second-order valence-electron chi connectivity index (χ2n) is 4.64. The summed E-state index contributed by atoms with van der Waals surface area (Å²) in [5.74, 6) is 1.33. The van der Waals surface area contributed by atoms with E-state index in [9.17, 15) is 4.79 Å². The maximum Gasteiger partial charge on any atom is 0.246 e. The summed E-state index contributed by atoms with van der Waals surface area (Å²) in [6, 6.07) is 11.0. The Morgan fingerprint density at radius 2 is 1.90 bits per heavy atom. The van der Waals surface area contributed by atoms with Crippen LogP contribution in [0.5, 0.6) is 11.5 Å². The van der Waals surface area contributed by atoms with Gasteiger partial charge in [-0.2, -0.15) is 0 Å². The molecule has 0 saturated carbocycles. The summed E-state index contributed by atoms with van der Waals surface area (Å²) in [6.45, 7) is 0. The van der Waals surface area contributed by atoms with Gasteiger partial charge in [-0.25, -0.2) is 0 Å². The molecule has 21 heavy (non-hydrogen) atoms. The molecular formula is C15H12Br2N2O2. The number of rotatable bonds is 3. The lowest BCUT2D eigenvalue weighted by Crippen LogP contribution is -2.23. The van der Waals surface area contributed by atoms with Crippen LogP contribution in [0.15, 0.2) is 45.3 Å². The SMILES string of the molecule is CNC1C(=O)Nc2cc(Oc3ccc(Br)cc3)c(Br)cc21. The topological polar surface area (TPSA) is 50.4 Å². The van der Waals surface area contributed by atoms with Crippen molar-refractivity contribution in [1.82, 2.24) is 5.32 Å². The third-order valence-electron chi connectivity index (χ3n) is 3.27. The Morgan fingerprint density at radius 1 is 1.19 bits per heavy atom. The molecule has 1 aliphatic heterocycles. The molecule has 1 unspecified atom stereocenters. The number of carbonyl (C=O) groups is 1. The predicted molar refractivity (Wildman–Crippen MR) is 88.8 cm³/mol. The highest BCUT2D eigenvalue weighted by Gasteiger charge is 2.30. The van der Waals surface area contributed by atoms with Crippen molar-refractivity contribution in [2.45, 2.75) is 6.04 Å². The van der Waals surface area contributed by atoms with E-state index in [1.807, 2.05) is 36.4 Å². The molecule has 2 aromatic carbocycles. The second-order valence-corrected chi connectivity index (χ2v) is 6.41. The number of anilines is 1. The average Bonchev–Trinajstić information content (AvgIpc) is 2.76. The minimum Gasteiger partial charge on any atom is -0.456 e. The minimum absolute atomic E-state index is 0.0554. The molecule has 2 aromatic rings. The van der Waals surface area contributed by atoms with Gasteiger partial charge in [-0.3, -0.25) is 4.79 Å². The molecular weight excluding hydrogens is 400 g/mol. The van der Waals surface area contributed by atoms with Crippen LogP contribution in [0, 0.1) is 0 Å². The van der Waals surface area contributed by atoms with Crippen LogP contribution < -0.4 is 15.4 Å². The number of ether oxygens (including phenoxy) is 1. The summed E-state index contributed by atoms with van der Waals surface area (Å²) >= 11 is 6.89. The van der Waals surface area contributed by atoms with Gasteiger partial charge in [0.15, 0.2) is 0 Å². The van der Waals surface area contributed by atoms with Crippen molar-refractivity contribution in [2.75, 3.05) is 12.4 Å². The van der Waals surface area contributed by atoms with Gasteiger partial charge in [0.25, 0.3) is 0 Å². The fourth-order valence-corrected chi connectivity index (χ4v) is 2.96. The summed E-state index contributed by atoms with van der Waals surface area (Å²) in [6.07, 6.45) is 0. The van der Waals surface area contributed by atoms with E-state index < -0.39 is 0 Å². The van der Waals surface area contributed by atoms with E-state index in [2.05, 4.69) is 42.5 Å². The van der Waals surface area contributed by atoms with Crippen LogP contribution in [0.1, 0.15) is 11.6 Å². The van der Waals surface area contributed by atoms with Crippen molar-refractivity contribution in [3.63, 3.8) is 0 Å². The van der Waals surface area contributed by atoms with E-state index in [1.54, 1.807) is 7.05 Å². The van der Waals surface area contributed by atoms with Crippen molar-refractivity contribution >= 4 is 43.5 Å². The van der Waals surface area contributed by atoms with E-state index in [1.165, 1.54) is 0 Å². The minimum atomic E-state index is -0.321. The molecule has 2 N–H and O–H groups in total. The molecule has 6 heteroatoms. The average molecular weight is 412 g/mol. The summed E-state index contributed by atoms with van der Waals surface area (Å²) in [5.41, 5.74) is 1.69. The first-order valence-corrected chi connectivity index (χ1v) is 7.92. The molecule has 3 rings (SSSR count). The Labute approximate surface area is 139 Å². The molecule has 0 bridgehead atoms. The van der Waals surface area contributed by atoms with Crippen LogP contribution in [-0.4, -0.2) is 13.0 Å². The van der Waals surface area contributed by atoms with Gasteiger partial charge in [-0.15, -0.1) is 0 Å². The number of hydrogen-bond acceptors (Lipinski definition) is 3. The van der Waals surface area contributed by atoms with Gasteiger partial charge in [0, 0.05) is 21.8 Å². The highest BCUT2D eigenvalue weighted by Crippen LogP contribution is 2.40. The lowest BCUT2D eigenvalue weighted by molar-refractivity contribution is -0.117. The summed E-state index contributed by atoms with van der Waals surface area (Å²) in [7, 11) is 1.76. The standard InChI is InChI=1S/C15H12Br2N2O2/c1-18-14-10-6-11(17)13(7-12(10)19-15(14)20)21-9-4-2-8(16)3-5-9/h2-7,14,18H,1H3,(H,19,20). The Morgan fingerprint density at radius 3 is 2.57 bits per heavy atom. The number of hydrogen-bond donors (Lipinski definition) is 2. The first-order valence-electron chi connectivity index (χ1n) is 6.33. The fraction of sp³-hybridized carbons (Fsp3) is 0.133. The smallest absolute Gasteiger partial charge is 0.246 e. The van der Waals surface area contributed by atoms with Gasteiger partial charge in [-0.05, 0) is 53.3 Å². The van der Waals surface area contributed by atoms with Gasteiger partial charge < -0.3 is 15.4 Å². The van der Waals surface area contributed by atoms with Crippen LogP contribution in [0.3, 0.4) is 0 Å². The maximum absolute atomic E-state index is 11.8. The van der Waals surface area contributed by atoms with Gasteiger partial charge in [0.1, 0.15) is 17.5 Å². The molecule has 108 valence electrons. The number of carbonyl (C=O) groups excluding carboxylic acids is 1. The first-order chi connectivity index (χ1) is 10.1. The van der Waals surface area contributed by atoms with E-state index in [0.717, 1.165) is 25.9 Å². The third-order valence-corrected chi connectivity index (χ3v) is 4.41. The number of likely N-dealkylation sites (N-methyl/N-ethyl adjacent to an activating group) is 1. The third kappa shape index (κ3) is 2.84. The molecule has 1 atom stereocenters. The number of benzene rings is 2. The summed E-state index contributed by atoms with van der Waals surface area (Å²) < 4.78 is 7.65. The van der Waals surface area contributed by atoms with Crippen molar-refractivity contribution in [2.24, 2.45) is 0 Å². The zero-order chi connectivity index (χ0) is 15.0. The molecule has 4 nitrogen and oxygen atoms in total. The Kier molecular flexibility index (Phi) is 4.01. The van der Waals surface area contributed by atoms with Crippen LogP contribution in [0.2, 0.25) is 0 Å². The maximum atomic E-state index is 11.8. The Bertz CT molecular complexity index is 702. The summed E-state index contributed by atoms with van der Waals surface area (Å²) in [4.78, 5) is 11.8. The Balaban J connectivity index is 1.93. The lowest BCUT2D eigenvalue weighted by Gasteiger charge is -2.11. The number of fused-ring (bicyclic) bond motifs is 1. The highest BCUT2D eigenvalue weighted by molar-refractivity contribution is 9.10. The Hall–Kier alpha value is -1.37. The number of amides is 1. The normalized spacial score (nSPS) is 16.5. The van der Waals surface area contributed by atoms with Crippen molar-refractivity contribution in [1.29, 1.82) is 0 Å². The van der Waals surface area contributed by atoms with E-state index in [-0.39, 0.29) is 11.9 Å². The zero-order valence-electron chi connectivity index (χ0n) is 11.1. The van der Waals surface area contributed by atoms with E-state index in [4.69, 9.17) is 4.74 Å². The molecule has 0 aliphatic carbocycles. The first kappa shape index (κ1) is 14.6. The van der Waals surface area contributed by atoms with Crippen LogP contribution >= 0.6 is 31.9 Å². The van der Waals surface area contributed by atoms with Crippen LogP contribution in [-0.2, 0) is 4.79 Å². The van der Waals surface area contributed by atoms with E-state index in [0.29, 0.717) is 5.75 Å². The summed E-state index contributed by atoms with van der Waals surface area (Å²) in [5, 5.41) is 5.84. The monoisotopic (exact) mass is 410 g/mol. The fourth-order valence-electron chi connectivity index (χ4n) is 2.26. The predicted octanol–water partition coefficient (Wildman–Crippen LogP) is 4.22. The molecule has 0 fully saturated rings. The van der Waals surface area contributed by atoms with Gasteiger partial charge in [-0.1, -0.05) is 15.9 Å². The molecule has 0 aromatic heterocycles. The highest BCUT2D eigenvalue weighted by atomic mass is 79.9. The molecule has 0 saturated heterocycles. The van der Waals surface area contributed by atoms with Crippen molar-refractivity contribution in [3.05, 3.63) is 50.9 Å². The van der Waals surface area contributed by atoms with Gasteiger partial charge >= 0.3 is 0 Å². The molecule has 0 radical (unpaired) electrons. The van der Waals surface area contributed by atoms with Gasteiger partial charge in [0.05, 0.1) is 4.47 Å². The molecule has 0 spiro atoms. The van der Waals surface area contributed by atoms with Crippen LogP contribution in [0.25, 0.3) is 0 Å². The molecule has 1 aliphatic rings.